The first kappa shape index (κ1) is 21.1. The fourth-order valence-electron chi connectivity index (χ4n) is 4.10. The number of hydrogen-bond acceptors (Lipinski definition) is 4. The van der Waals surface area contributed by atoms with Gasteiger partial charge < -0.3 is 10.6 Å². The molecule has 2 heterocycles. The molecule has 2 aromatic carbocycles. The molecule has 0 bridgehead atoms. The van der Waals surface area contributed by atoms with Crippen molar-refractivity contribution < 1.29 is 14.0 Å². The molecule has 0 aliphatic carbocycles. The number of aryl methyl sites for hydroxylation is 3. The molecule has 1 aromatic heterocycles. The summed E-state index contributed by atoms with van der Waals surface area (Å²) in [7, 11) is 1.74. The maximum atomic E-state index is 14.7. The van der Waals surface area contributed by atoms with Gasteiger partial charge in [0.25, 0.3) is 5.91 Å². The first-order chi connectivity index (χ1) is 14.8. The molecule has 1 aliphatic rings. The van der Waals surface area contributed by atoms with Crippen LogP contribution in [-0.4, -0.2) is 33.9 Å². The summed E-state index contributed by atoms with van der Waals surface area (Å²) in [5.74, 6) is -1.10. The second kappa shape index (κ2) is 8.19. The summed E-state index contributed by atoms with van der Waals surface area (Å²) >= 11 is 1.31. The number of nitrogens with one attached hydrogen (secondary N) is 2. The van der Waals surface area contributed by atoms with E-state index in [2.05, 4.69) is 15.7 Å². The highest BCUT2D eigenvalue weighted by atomic mass is 32.2. The first-order valence-electron chi connectivity index (χ1n) is 9.85. The van der Waals surface area contributed by atoms with Gasteiger partial charge in [-0.05, 0) is 49.9 Å². The van der Waals surface area contributed by atoms with E-state index in [0.29, 0.717) is 27.5 Å². The second-order valence-electron chi connectivity index (χ2n) is 7.65. The van der Waals surface area contributed by atoms with Crippen molar-refractivity contribution in [2.75, 3.05) is 11.6 Å². The number of thioether (sulfide) groups is 1. The third-order valence-electron chi connectivity index (χ3n) is 5.54. The minimum absolute atomic E-state index is 0.358. The average Bonchev–Trinajstić information content (AvgIpc) is 3.01. The van der Waals surface area contributed by atoms with Crippen LogP contribution in [0.15, 0.2) is 47.4 Å². The van der Waals surface area contributed by atoms with Crippen LogP contribution in [0.25, 0.3) is 0 Å². The summed E-state index contributed by atoms with van der Waals surface area (Å²) in [5.41, 5.74) is 3.50. The van der Waals surface area contributed by atoms with Crippen LogP contribution >= 0.6 is 11.8 Å². The van der Waals surface area contributed by atoms with E-state index in [1.165, 1.54) is 17.8 Å². The zero-order valence-electron chi connectivity index (χ0n) is 17.7. The summed E-state index contributed by atoms with van der Waals surface area (Å²) in [6.45, 7) is 3.74. The Morgan fingerprint density at radius 1 is 1.23 bits per heavy atom. The van der Waals surface area contributed by atoms with E-state index in [9.17, 15) is 14.0 Å². The van der Waals surface area contributed by atoms with Crippen molar-refractivity contribution in [3.63, 3.8) is 0 Å². The molecule has 0 saturated carbocycles. The van der Waals surface area contributed by atoms with Crippen LogP contribution in [0.1, 0.15) is 38.7 Å². The largest absolute Gasteiger partial charge is 0.339 e. The van der Waals surface area contributed by atoms with E-state index >= 15 is 0 Å². The molecule has 0 unspecified atom stereocenters. The number of fused-ring (bicyclic) bond motifs is 1. The molecular formula is C23H23FN4O2S. The number of rotatable bonds is 4. The Hall–Kier alpha value is -3.13. The molecule has 0 spiro atoms. The van der Waals surface area contributed by atoms with Gasteiger partial charge in [-0.1, -0.05) is 23.8 Å². The number of aromatic nitrogens is 2. The zero-order valence-corrected chi connectivity index (χ0v) is 18.5. The van der Waals surface area contributed by atoms with Gasteiger partial charge in [-0.2, -0.15) is 5.10 Å². The number of carbonyl (C=O) groups is 2. The molecule has 2 amide bonds. The Morgan fingerprint density at radius 2 is 2.00 bits per heavy atom. The van der Waals surface area contributed by atoms with Gasteiger partial charge in [0, 0.05) is 29.0 Å². The Kier molecular flexibility index (Phi) is 5.58. The smallest absolute Gasteiger partial charge is 0.251 e. The third kappa shape index (κ3) is 3.83. The Morgan fingerprint density at radius 3 is 2.68 bits per heavy atom. The van der Waals surface area contributed by atoms with Gasteiger partial charge in [0.15, 0.2) is 0 Å². The summed E-state index contributed by atoms with van der Waals surface area (Å²) in [5, 5.41) is 10.2. The van der Waals surface area contributed by atoms with E-state index in [1.807, 2.05) is 19.9 Å². The van der Waals surface area contributed by atoms with Gasteiger partial charge in [-0.25, -0.2) is 4.39 Å². The van der Waals surface area contributed by atoms with E-state index in [4.69, 9.17) is 0 Å². The van der Waals surface area contributed by atoms with Crippen LogP contribution in [0.4, 0.5) is 10.2 Å². The van der Waals surface area contributed by atoms with Crippen LogP contribution in [0.5, 0.6) is 0 Å². The lowest BCUT2D eigenvalue weighted by Crippen LogP contribution is -2.50. The van der Waals surface area contributed by atoms with Crippen molar-refractivity contribution in [3.8, 4) is 0 Å². The van der Waals surface area contributed by atoms with Gasteiger partial charge in [-0.15, -0.1) is 11.8 Å². The predicted molar refractivity (Wildman–Crippen MR) is 119 cm³/mol. The van der Waals surface area contributed by atoms with Crippen LogP contribution in [0, 0.1) is 19.7 Å². The van der Waals surface area contributed by atoms with Crippen LogP contribution in [-0.2, 0) is 11.8 Å². The van der Waals surface area contributed by atoms with Gasteiger partial charge >= 0.3 is 0 Å². The molecule has 2 N–H and O–H groups in total. The molecule has 160 valence electrons. The normalized spacial score (nSPS) is 17.8. The lowest BCUT2D eigenvalue weighted by molar-refractivity contribution is -0.118. The fraction of sp³-hybridized carbons (Fsp3) is 0.261. The minimum Gasteiger partial charge on any atom is -0.339 e. The quantitative estimate of drug-likeness (QED) is 0.608. The average molecular weight is 439 g/mol. The molecule has 31 heavy (non-hydrogen) atoms. The molecule has 0 fully saturated rings. The number of nitrogens with zero attached hydrogens (tertiary/aromatic N) is 2. The lowest BCUT2D eigenvalue weighted by Gasteiger charge is -2.32. The molecule has 0 radical (unpaired) electrons. The lowest BCUT2D eigenvalue weighted by atomic mass is 9.81. The van der Waals surface area contributed by atoms with Gasteiger partial charge in [0.2, 0.25) is 5.91 Å². The first-order valence-corrected chi connectivity index (χ1v) is 11.1. The van der Waals surface area contributed by atoms with Crippen molar-refractivity contribution >= 4 is 29.4 Å². The molecule has 1 aliphatic heterocycles. The van der Waals surface area contributed by atoms with Crippen molar-refractivity contribution in [1.82, 2.24) is 15.1 Å². The minimum atomic E-state index is -0.914. The highest BCUT2D eigenvalue weighted by Crippen LogP contribution is 2.40. The summed E-state index contributed by atoms with van der Waals surface area (Å²) in [4.78, 5) is 26.6. The topological polar surface area (TPSA) is 76.0 Å². The summed E-state index contributed by atoms with van der Waals surface area (Å²) < 4.78 is 16.3. The predicted octanol–water partition coefficient (Wildman–Crippen LogP) is 3.78. The number of halogens is 1. The number of carbonyl (C=O) groups excluding carboxylic acids is 2. The standard InChI is InChI=1S/C23H23FN4O2S/c1-12-6-5-7-15(10-12)22(29)25-20-19(14-8-9-17(31-4)16(24)11-14)18-13(2)27-28(3)21(18)26-23(20)30/h5-11,19-20H,1-4H3,(H,25,29)(H,26,30)/t19-,20+/m0/s1. The van der Waals surface area contributed by atoms with Crippen molar-refractivity contribution in [3.05, 3.63) is 76.2 Å². The molecule has 3 aromatic rings. The maximum absolute atomic E-state index is 14.7. The Labute approximate surface area is 184 Å². The van der Waals surface area contributed by atoms with E-state index in [1.54, 1.807) is 48.3 Å². The SMILES string of the molecule is CSc1ccc([C@H]2c3c(C)nn(C)c3NC(=O)[C@@H]2NC(=O)c2cccc(C)c2)cc1F. The number of amides is 2. The maximum Gasteiger partial charge on any atom is 0.251 e. The zero-order chi connectivity index (χ0) is 22.3. The number of hydrogen-bond donors (Lipinski definition) is 2. The molecule has 8 heteroatoms. The Balaban J connectivity index is 1.80. The Bertz CT molecular complexity index is 1190. The van der Waals surface area contributed by atoms with Crippen molar-refractivity contribution in [1.29, 1.82) is 0 Å². The second-order valence-corrected chi connectivity index (χ2v) is 8.50. The molecular weight excluding hydrogens is 415 g/mol. The molecule has 0 saturated heterocycles. The third-order valence-corrected chi connectivity index (χ3v) is 6.31. The molecule has 6 nitrogen and oxygen atoms in total. The fourth-order valence-corrected chi connectivity index (χ4v) is 4.56. The highest BCUT2D eigenvalue weighted by molar-refractivity contribution is 7.98. The van der Waals surface area contributed by atoms with Crippen LogP contribution in [0.2, 0.25) is 0 Å². The van der Waals surface area contributed by atoms with Crippen molar-refractivity contribution in [2.24, 2.45) is 7.05 Å². The van der Waals surface area contributed by atoms with Crippen LogP contribution in [0.3, 0.4) is 0 Å². The number of anilines is 1. The monoisotopic (exact) mass is 438 g/mol. The molecule has 2 atom stereocenters. The summed E-state index contributed by atoms with van der Waals surface area (Å²) in [6.07, 6.45) is 1.81. The van der Waals surface area contributed by atoms with Gasteiger partial charge in [0.1, 0.15) is 17.7 Å². The van der Waals surface area contributed by atoms with E-state index in [0.717, 1.165) is 11.1 Å². The van der Waals surface area contributed by atoms with Gasteiger partial charge in [0.05, 0.1) is 5.69 Å². The van der Waals surface area contributed by atoms with Gasteiger partial charge in [-0.3, -0.25) is 14.3 Å². The van der Waals surface area contributed by atoms with Crippen molar-refractivity contribution in [2.45, 2.75) is 30.7 Å². The van der Waals surface area contributed by atoms with E-state index in [-0.39, 0.29) is 17.6 Å². The molecule has 4 rings (SSSR count). The highest BCUT2D eigenvalue weighted by Gasteiger charge is 2.41. The van der Waals surface area contributed by atoms with E-state index < -0.39 is 12.0 Å². The number of benzene rings is 2. The van der Waals surface area contributed by atoms with Crippen LogP contribution < -0.4 is 10.6 Å². The summed E-state index contributed by atoms with van der Waals surface area (Å²) in [6, 6.07) is 11.2.